The highest BCUT2D eigenvalue weighted by Gasteiger charge is 2.30. The van der Waals surface area contributed by atoms with Crippen molar-refractivity contribution in [2.24, 2.45) is 0 Å². The summed E-state index contributed by atoms with van der Waals surface area (Å²) in [7, 11) is 0. The van der Waals surface area contributed by atoms with Gasteiger partial charge in [0.2, 0.25) is 0 Å². The van der Waals surface area contributed by atoms with E-state index < -0.39 is 5.60 Å². The summed E-state index contributed by atoms with van der Waals surface area (Å²) in [5, 5.41) is 19.6. The third-order valence-corrected chi connectivity index (χ3v) is 3.97. The summed E-state index contributed by atoms with van der Waals surface area (Å²) in [6, 6.07) is 3.88. The summed E-state index contributed by atoms with van der Waals surface area (Å²) in [5.41, 5.74) is 2.28. The number of hydrogen-bond acceptors (Lipinski definition) is 3. The Bertz CT molecular complexity index is 411. The lowest BCUT2D eigenvalue weighted by molar-refractivity contribution is -0.0341. The predicted octanol–water partition coefficient (Wildman–Crippen LogP) is 2.87. The molecule has 1 aliphatic carbocycles. The second-order valence-electron chi connectivity index (χ2n) is 5.79. The van der Waals surface area contributed by atoms with Crippen molar-refractivity contribution in [1.82, 2.24) is 0 Å². The molecule has 2 N–H and O–H groups in total. The Morgan fingerprint density at radius 1 is 1.11 bits per heavy atom. The first-order chi connectivity index (χ1) is 9.04. The maximum absolute atomic E-state index is 10.5. The number of aliphatic hydroxyl groups is 2. The van der Waals surface area contributed by atoms with Crippen LogP contribution >= 0.6 is 0 Å². The van der Waals surface area contributed by atoms with Crippen LogP contribution in [-0.2, 0) is 6.61 Å². The van der Waals surface area contributed by atoms with Gasteiger partial charge in [-0.3, -0.25) is 0 Å². The highest BCUT2D eigenvalue weighted by molar-refractivity contribution is 5.43. The van der Waals surface area contributed by atoms with Crippen molar-refractivity contribution >= 4 is 0 Å². The number of aryl methyl sites for hydroxylation is 2. The Kier molecular flexibility index (Phi) is 4.48. The third-order valence-electron chi connectivity index (χ3n) is 3.97. The minimum Gasteiger partial charge on any atom is -0.490 e. The first kappa shape index (κ1) is 14.4. The summed E-state index contributed by atoms with van der Waals surface area (Å²) in [6.07, 6.45) is 5.05. The van der Waals surface area contributed by atoms with Gasteiger partial charge in [-0.2, -0.15) is 0 Å². The Morgan fingerprint density at radius 2 is 1.68 bits per heavy atom. The molecule has 3 heteroatoms. The van der Waals surface area contributed by atoms with Crippen LogP contribution in [0.4, 0.5) is 0 Å². The van der Waals surface area contributed by atoms with Gasteiger partial charge in [0.25, 0.3) is 0 Å². The summed E-state index contributed by atoms with van der Waals surface area (Å²) in [6.45, 7) is 4.37. The van der Waals surface area contributed by atoms with Crippen molar-refractivity contribution in [2.45, 2.75) is 58.2 Å². The second kappa shape index (κ2) is 5.93. The van der Waals surface area contributed by atoms with Gasteiger partial charge >= 0.3 is 0 Å². The number of rotatable bonds is 4. The zero-order valence-corrected chi connectivity index (χ0v) is 11.9. The zero-order valence-electron chi connectivity index (χ0n) is 11.9. The van der Waals surface area contributed by atoms with Crippen LogP contribution in [-0.4, -0.2) is 22.4 Å². The molecule has 0 spiro atoms. The van der Waals surface area contributed by atoms with Gasteiger partial charge in [-0.25, -0.2) is 0 Å². The molecule has 0 aliphatic heterocycles. The van der Waals surface area contributed by atoms with Gasteiger partial charge in [-0.15, -0.1) is 0 Å². The van der Waals surface area contributed by atoms with Crippen LogP contribution in [0, 0.1) is 13.8 Å². The first-order valence-corrected chi connectivity index (χ1v) is 7.10. The van der Waals surface area contributed by atoms with Gasteiger partial charge < -0.3 is 14.9 Å². The molecule has 2 rings (SSSR count). The van der Waals surface area contributed by atoms with E-state index in [4.69, 9.17) is 4.74 Å². The molecule has 0 radical (unpaired) electrons. The van der Waals surface area contributed by atoms with Crippen LogP contribution in [0.2, 0.25) is 0 Å². The molecule has 0 aromatic heterocycles. The van der Waals surface area contributed by atoms with Crippen molar-refractivity contribution in [2.75, 3.05) is 6.61 Å². The topological polar surface area (TPSA) is 49.7 Å². The molecule has 1 aromatic carbocycles. The Hall–Kier alpha value is -1.06. The van der Waals surface area contributed by atoms with Crippen LogP contribution in [0.3, 0.4) is 0 Å². The monoisotopic (exact) mass is 264 g/mol. The highest BCUT2D eigenvalue weighted by atomic mass is 16.5. The summed E-state index contributed by atoms with van der Waals surface area (Å²) in [4.78, 5) is 0. The van der Waals surface area contributed by atoms with E-state index in [0.29, 0.717) is 6.61 Å². The third kappa shape index (κ3) is 3.48. The molecule has 106 valence electrons. The lowest BCUT2D eigenvalue weighted by Crippen LogP contribution is -2.38. The first-order valence-electron chi connectivity index (χ1n) is 7.10. The Morgan fingerprint density at radius 3 is 2.21 bits per heavy atom. The zero-order chi connectivity index (χ0) is 13.9. The molecular weight excluding hydrogens is 240 g/mol. The van der Waals surface area contributed by atoms with Crippen molar-refractivity contribution in [3.63, 3.8) is 0 Å². The van der Waals surface area contributed by atoms with Crippen LogP contribution < -0.4 is 4.74 Å². The van der Waals surface area contributed by atoms with Crippen molar-refractivity contribution < 1.29 is 14.9 Å². The summed E-state index contributed by atoms with van der Waals surface area (Å²) in [5.74, 6) is 0.844. The molecule has 1 saturated carbocycles. The Labute approximate surface area is 115 Å². The van der Waals surface area contributed by atoms with E-state index >= 15 is 0 Å². The van der Waals surface area contributed by atoms with E-state index in [2.05, 4.69) is 0 Å². The molecule has 0 unspecified atom stereocenters. The molecular formula is C16H24O3. The summed E-state index contributed by atoms with van der Waals surface area (Å²) < 4.78 is 5.88. The second-order valence-corrected chi connectivity index (χ2v) is 5.79. The number of ether oxygens (including phenoxy) is 1. The summed E-state index contributed by atoms with van der Waals surface area (Å²) >= 11 is 0. The van der Waals surface area contributed by atoms with Gasteiger partial charge in [-0.05, 0) is 43.4 Å². The maximum Gasteiger partial charge on any atom is 0.125 e. The van der Waals surface area contributed by atoms with Gasteiger partial charge in [0, 0.05) is 0 Å². The predicted molar refractivity (Wildman–Crippen MR) is 75.4 cm³/mol. The average Bonchev–Trinajstić information content (AvgIpc) is 2.38. The van der Waals surface area contributed by atoms with Crippen LogP contribution in [0.25, 0.3) is 0 Å². The number of hydrogen-bond donors (Lipinski definition) is 2. The number of aliphatic hydroxyl groups excluding tert-OH is 1. The lowest BCUT2D eigenvalue weighted by atomic mass is 9.85. The molecule has 19 heavy (non-hydrogen) atoms. The fourth-order valence-electron chi connectivity index (χ4n) is 2.92. The number of benzene rings is 1. The maximum atomic E-state index is 10.5. The molecule has 0 bridgehead atoms. The van der Waals surface area contributed by atoms with E-state index in [0.717, 1.165) is 48.1 Å². The molecule has 3 nitrogen and oxygen atoms in total. The molecule has 0 atom stereocenters. The fourth-order valence-corrected chi connectivity index (χ4v) is 2.92. The quantitative estimate of drug-likeness (QED) is 0.879. The molecule has 0 saturated heterocycles. The minimum atomic E-state index is -0.660. The largest absolute Gasteiger partial charge is 0.490 e. The van der Waals surface area contributed by atoms with Gasteiger partial charge in [0.1, 0.15) is 12.4 Å². The molecule has 1 aliphatic rings. The Balaban J connectivity index is 2.07. The molecule has 0 heterocycles. The van der Waals surface area contributed by atoms with Crippen molar-refractivity contribution in [1.29, 1.82) is 0 Å². The van der Waals surface area contributed by atoms with Crippen LogP contribution in [0.15, 0.2) is 12.1 Å². The normalized spacial score (nSPS) is 18.3. The average molecular weight is 264 g/mol. The molecule has 1 aromatic rings. The molecule has 0 amide bonds. The standard InChI is InChI=1S/C16H24O3/c1-12-8-14(10-17)9-13(2)15(12)19-11-16(18)6-4-3-5-7-16/h8-9,17-18H,3-7,10-11H2,1-2H3. The minimum absolute atomic E-state index is 0.0475. The SMILES string of the molecule is Cc1cc(CO)cc(C)c1OCC1(O)CCCCC1. The van der Waals surface area contributed by atoms with Crippen molar-refractivity contribution in [3.05, 3.63) is 28.8 Å². The van der Waals surface area contributed by atoms with E-state index in [-0.39, 0.29) is 6.61 Å². The van der Waals surface area contributed by atoms with Gasteiger partial charge in [0.05, 0.1) is 12.2 Å². The lowest BCUT2D eigenvalue weighted by Gasteiger charge is -2.32. The van der Waals surface area contributed by atoms with Crippen molar-refractivity contribution in [3.8, 4) is 5.75 Å². The van der Waals surface area contributed by atoms with E-state index in [9.17, 15) is 10.2 Å². The van der Waals surface area contributed by atoms with Crippen LogP contribution in [0.1, 0.15) is 48.8 Å². The van der Waals surface area contributed by atoms with Gasteiger partial charge in [-0.1, -0.05) is 31.4 Å². The highest BCUT2D eigenvalue weighted by Crippen LogP contribution is 2.31. The fraction of sp³-hybridized carbons (Fsp3) is 0.625. The smallest absolute Gasteiger partial charge is 0.125 e. The van der Waals surface area contributed by atoms with Gasteiger partial charge in [0.15, 0.2) is 0 Å². The van der Waals surface area contributed by atoms with E-state index in [1.165, 1.54) is 6.42 Å². The van der Waals surface area contributed by atoms with E-state index in [1.807, 2.05) is 26.0 Å². The molecule has 1 fully saturated rings. The van der Waals surface area contributed by atoms with E-state index in [1.54, 1.807) is 0 Å². The van der Waals surface area contributed by atoms with Crippen LogP contribution in [0.5, 0.6) is 5.75 Å².